The molecule has 0 aliphatic rings. The van der Waals surface area contributed by atoms with E-state index in [0.717, 1.165) is 24.6 Å². The van der Waals surface area contributed by atoms with Gasteiger partial charge >= 0.3 is 0 Å². The Morgan fingerprint density at radius 1 is 1.25 bits per heavy atom. The van der Waals surface area contributed by atoms with Gasteiger partial charge in [-0.3, -0.25) is 0 Å². The molecule has 0 amide bonds. The first-order chi connectivity index (χ1) is 7.72. The van der Waals surface area contributed by atoms with E-state index < -0.39 is 0 Å². The second-order valence-electron chi connectivity index (χ2n) is 3.98. The summed E-state index contributed by atoms with van der Waals surface area (Å²) >= 11 is 1.97. The number of anilines is 1. The Labute approximate surface area is 103 Å². The fourth-order valence-corrected chi connectivity index (χ4v) is 2.00. The zero-order valence-electron chi connectivity index (χ0n) is 10.3. The first-order valence-corrected chi connectivity index (χ1v) is 6.70. The molecule has 0 aliphatic heterocycles. The van der Waals surface area contributed by atoms with Crippen molar-refractivity contribution in [1.82, 2.24) is 0 Å². The van der Waals surface area contributed by atoms with E-state index in [4.69, 9.17) is 4.74 Å². The summed E-state index contributed by atoms with van der Waals surface area (Å²) in [6.07, 6.45) is 0. The molecule has 1 aromatic carbocycles. The van der Waals surface area contributed by atoms with Crippen LogP contribution in [0.2, 0.25) is 0 Å². The molecule has 0 atom stereocenters. The molecular weight excluding hydrogens is 218 g/mol. The number of ether oxygens (including phenoxy) is 1. The summed E-state index contributed by atoms with van der Waals surface area (Å²) in [6, 6.07) is 8.63. The Bertz CT molecular complexity index is 284. The van der Waals surface area contributed by atoms with Gasteiger partial charge < -0.3 is 10.1 Å². The highest BCUT2D eigenvalue weighted by Gasteiger charge is 1.97. The predicted octanol–water partition coefficient (Wildman–Crippen LogP) is 3.39. The standard InChI is InChI=1S/C13H21NOS/c1-11(2)16-10-12-4-6-13(7-5-12)14-8-9-15-3/h4-7,11,14H,8-10H2,1-3H3. The lowest BCUT2D eigenvalue weighted by atomic mass is 10.2. The molecule has 0 aliphatic carbocycles. The van der Waals surface area contributed by atoms with Crippen molar-refractivity contribution in [3.63, 3.8) is 0 Å². The Kier molecular flexibility index (Phi) is 6.34. The van der Waals surface area contributed by atoms with Crippen molar-refractivity contribution in [3.8, 4) is 0 Å². The van der Waals surface area contributed by atoms with Crippen LogP contribution in [0.3, 0.4) is 0 Å². The first-order valence-electron chi connectivity index (χ1n) is 5.65. The number of thioether (sulfide) groups is 1. The minimum absolute atomic E-state index is 0.694. The molecule has 1 aromatic rings. The van der Waals surface area contributed by atoms with Crippen LogP contribution in [0, 0.1) is 0 Å². The number of hydrogen-bond acceptors (Lipinski definition) is 3. The molecule has 1 rings (SSSR count). The summed E-state index contributed by atoms with van der Waals surface area (Å²) in [6.45, 7) is 6.05. The highest BCUT2D eigenvalue weighted by molar-refractivity contribution is 7.99. The average Bonchev–Trinajstić information content (AvgIpc) is 2.28. The zero-order chi connectivity index (χ0) is 11.8. The number of hydrogen-bond donors (Lipinski definition) is 1. The van der Waals surface area contributed by atoms with Gasteiger partial charge in [0.15, 0.2) is 0 Å². The molecule has 0 radical (unpaired) electrons. The third-order valence-corrected chi connectivity index (χ3v) is 3.34. The van der Waals surface area contributed by atoms with Gasteiger partial charge in [-0.15, -0.1) is 0 Å². The second kappa shape index (κ2) is 7.58. The van der Waals surface area contributed by atoms with E-state index in [2.05, 4.69) is 43.4 Å². The molecule has 90 valence electrons. The van der Waals surface area contributed by atoms with Gasteiger partial charge in [0.25, 0.3) is 0 Å². The van der Waals surface area contributed by atoms with Crippen LogP contribution >= 0.6 is 11.8 Å². The molecule has 0 fully saturated rings. The van der Waals surface area contributed by atoms with E-state index >= 15 is 0 Å². The highest BCUT2D eigenvalue weighted by atomic mass is 32.2. The van der Waals surface area contributed by atoms with Crippen LogP contribution in [0.15, 0.2) is 24.3 Å². The fourth-order valence-electron chi connectivity index (χ4n) is 1.28. The molecule has 0 bridgehead atoms. The van der Waals surface area contributed by atoms with Crippen LogP contribution < -0.4 is 5.32 Å². The van der Waals surface area contributed by atoms with Gasteiger partial charge in [-0.1, -0.05) is 26.0 Å². The number of methoxy groups -OCH3 is 1. The van der Waals surface area contributed by atoms with E-state index in [1.807, 2.05) is 11.8 Å². The summed E-state index contributed by atoms with van der Waals surface area (Å²) in [7, 11) is 1.72. The van der Waals surface area contributed by atoms with Crippen molar-refractivity contribution in [1.29, 1.82) is 0 Å². The van der Waals surface area contributed by atoms with Crippen LogP contribution in [-0.2, 0) is 10.5 Å². The van der Waals surface area contributed by atoms with Crippen LogP contribution in [-0.4, -0.2) is 25.5 Å². The minimum Gasteiger partial charge on any atom is -0.383 e. The van der Waals surface area contributed by atoms with Crippen LogP contribution in [0.25, 0.3) is 0 Å². The molecule has 0 saturated carbocycles. The van der Waals surface area contributed by atoms with Gasteiger partial charge in [-0.2, -0.15) is 11.8 Å². The molecule has 16 heavy (non-hydrogen) atoms. The van der Waals surface area contributed by atoms with E-state index in [0.29, 0.717) is 5.25 Å². The van der Waals surface area contributed by atoms with Crippen molar-refractivity contribution >= 4 is 17.4 Å². The monoisotopic (exact) mass is 239 g/mol. The van der Waals surface area contributed by atoms with Crippen LogP contribution in [0.1, 0.15) is 19.4 Å². The van der Waals surface area contributed by atoms with Gasteiger partial charge in [-0.05, 0) is 22.9 Å². The summed E-state index contributed by atoms with van der Waals surface area (Å²) in [5.41, 5.74) is 2.55. The Hall–Kier alpha value is -0.670. The van der Waals surface area contributed by atoms with Gasteiger partial charge in [0.1, 0.15) is 0 Å². The van der Waals surface area contributed by atoms with E-state index in [-0.39, 0.29) is 0 Å². The quantitative estimate of drug-likeness (QED) is 0.737. The maximum absolute atomic E-state index is 4.99. The molecule has 1 N–H and O–H groups in total. The molecule has 3 heteroatoms. The van der Waals surface area contributed by atoms with Crippen LogP contribution in [0.5, 0.6) is 0 Å². The van der Waals surface area contributed by atoms with Crippen molar-refractivity contribution in [2.24, 2.45) is 0 Å². The molecule has 0 heterocycles. The van der Waals surface area contributed by atoms with E-state index in [1.165, 1.54) is 5.56 Å². The summed E-state index contributed by atoms with van der Waals surface area (Å²) in [5, 5.41) is 4.00. The third kappa shape index (κ3) is 5.42. The van der Waals surface area contributed by atoms with Gasteiger partial charge in [-0.25, -0.2) is 0 Å². The lowest BCUT2D eigenvalue weighted by Gasteiger charge is -2.08. The van der Waals surface area contributed by atoms with Crippen LogP contribution in [0.4, 0.5) is 5.69 Å². The molecule has 0 saturated heterocycles. The second-order valence-corrected chi connectivity index (χ2v) is 5.54. The molecule has 0 spiro atoms. The van der Waals surface area contributed by atoms with Gasteiger partial charge in [0.05, 0.1) is 6.61 Å². The Morgan fingerprint density at radius 2 is 1.94 bits per heavy atom. The molecule has 0 aromatic heterocycles. The van der Waals surface area contributed by atoms with E-state index in [9.17, 15) is 0 Å². The summed E-state index contributed by atoms with van der Waals surface area (Å²) in [5.74, 6) is 1.09. The van der Waals surface area contributed by atoms with Gasteiger partial charge in [0, 0.05) is 25.1 Å². The van der Waals surface area contributed by atoms with Crippen molar-refractivity contribution < 1.29 is 4.74 Å². The van der Waals surface area contributed by atoms with Crippen molar-refractivity contribution in [2.45, 2.75) is 24.9 Å². The summed E-state index contributed by atoms with van der Waals surface area (Å²) < 4.78 is 4.99. The zero-order valence-corrected chi connectivity index (χ0v) is 11.1. The highest BCUT2D eigenvalue weighted by Crippen LogP contribution is 2.18. The molecule has 0 unspecified atom stereocenters. The van der Waals surface area contributed by atoms with Crippen molar-refractivity contribution in [3.05, 3.63) is 29.8 Å². The minimum atomic E-state index is 0.694. The van der Waals surface area contributed by atoms with Crippen molar-refractivity contribution in [2.75, 3.05) is 25.6 Å². The lowest BCUT2D eigenvalue weighted by molar-refractivity contribution is 0.211. The lowest BCUT2D eigenvalue weighted by Crippen LogP contribution is -2.07. The smallest absolute Gasteiger partial charge is 0.0635 e. The number of nitrogens with one attached hydrogen (secondary N) is 1. The largest absolute Gasteiger partial charge is 0.383 e. The SMILES string of the molecule is COCCNc1ccc(CSC(C)C)cc1. The Morgan fingerprint density at radius 3 is 2.50 bits per heavy atom. The maximum Gasteiger partial charge on any atom is 0.0635 e. The average molecular weight is 239 g/mol. The maximum atomic E-state index is 4.99. The predicted molar refractivity (Wildman–Crippen MR) is 73.2 cm³/mol. The first kappa shape index (κ1) is 13.4. The van der Waals surface area contributed by atoms with E-state index in [1.54, 1.807) is 7.11 Å². The fraction of sp³-hybridized carbons (Fsp3) is 0.538. The number of rotatable bonds is 7. The number of benzene rings is 1. The molecular formula is C13H21NOS. The summed E-state index contributed by atoms with van der Waals surface area (Å²) in [4.78, 5) is 0. The Balaban J connectivity index is 2.35. The normalized spacial score (nSPS) is 10.8. The topological polar surface area (TPSA) is 21.3 Å². The third-order valence-electron chi connectivity index (χ3n) is 2.17. The van der Waals surface area contributed by atoms with Gasteiger partial charge in [0.2, 0.25) is 0 Å². The molecule has 2 nitrogen and oxygen atoms in total.